The molecule has 1 aromatic carbocycles. The number of carbonyl (C=O) groups is 1. The van der Waals surface area contributed by atoms with Gasteiger partial charge in [-0.2, -0.15) is 0 Å². The molecule has 1 unspecified atom stereocenters. The van der Waals surface area contributed by atoms with Gasteiger partial charge in [0.2, 0.25) is 0 Å². The summed E-state index contributed by atoms with van der Waals surface area (Å²) in [5.74, 6) is 6.05. The van der Waals surface area contributed by atoms with Crippen LogP contribution in [0, 0.1) is 17.8 Å². The molecule has 164 valence electrons. The zero-order valence-electron chi connectivity index (χ0n) is 17.8. The Balaban J connectivity index is 1.40. The summed E-state index contributed by atoms with van der Waals surface area (Å²) in [5.41, 5.74) is 0.0958. The van der Waals surface area contributed by atoms with E-state index in [1.807, 2.05) is 25.1 Å². The van der Waals surface area contributed by atoms with Gasteiger partial charge in [-0.05, 0) is 50.2 Å². The average Bonchev–Trinajstić information content (AvgIpc) is 3.71. The molecule has 2 aromatic heterocycles. The standard InChI is InChI=1S/C24H24N4O4/c1-2-15(23(30)32-18-8-4-3-5-9-18)7-6-10-19-25-20-21(26-19)27(16-11-12-16)24(31)28(22(20)29)17-13-14-17/h3-5,8-9,15-17H,2,7,11-14H2,1H3,(H,25,26). The number of nitrogens with one attached hydrogen (secondary N) is 1. The van der Waals surface area contributed by atoms with Gasteiger partial charge in [0.15, 0.2) is 17.0 Å². The molecule has 0 amide bonds. The van der Waals surface area contributed by atoms with Crippen molar-refractivity contribution < 1.29 is 9.53 Å². The predicted octanol–water partition coefficient (Wildman–Crippen LogP) is 2.93. The third kappa shape index (κ3) is 3.86. The van der Waals surface area contributed by atoms with E-state index < -0.39 is 0 Å². The highest BCUT2D eigenvalue weighted by atomic mass is 16.5. The molecule has 2 saturated carbocycles. The van der Waals surface area contributed by atoms with Crippen LogP contribution in [0.3, 0.4) is 0 Å². The molecule has 0 radical (unpaired) electrons. The number of nitrogens with zero attached hydrogens (tertiary/aromatic N) is 3. The van der Waals surface area contributed by atoms with E-state index in [1.54, 1.807) is 16.7 Å². The van der Waals surface area contributed by atoms with Crippen LogP contribution in [0.4, 0.5) is 0 Å². The second kappa shape index (κ2) is 8.15. The molecule has 5 rings (SSSR count). The molecular weight excluding hydrogens is 408 g/mol. The Morgan fingerprint density at radius 1 is 1.16 bits per heavy atom. The summed E-state index contributed by atoms with van der Waals surface area (Å²) in [6, 6.07) is 9.03. The molecular formula is C24H24N4O4. The number of para-hydroxylation sites is 1. The number of imidazole rings is 1. The van der Waals surface area contributed by atoms with E-state index >= 15 is 0 Å². The van der Waals surface area contributed by atoms with Crippen LogP contribution in [0.15, 0.2) is 39.9 Å². The zero-order chi connectivity index (χ0) is 22.2. The molecule has 1 N–H and O–H groups in total. The first-order valence-electron chi connectivity index (χ1n) is 11.1. The largest absolute Gasteiger partial charge is 0.426 e. The predicted molar refractivity (Wildman–Crippen MR) is 119 cm³/mol. The van der Waals surface area contributed by atoms with Crippen LogP contribution in [0.5, 0.6) is 5.75 Å². The zero-order valence-corrected chi connectivity index (χ0v) is 17.8. The highest BCUT2D eigenvalue weighted by Crippen LogP contribution is 2.36. The molecule has 2 aliphatic carbocycles. The van der Waals surface area contributed by atoms with Crippen molar-refractivity contribution in [2.24, 2.45) is 5.92 Å². The van der Waals surface area contributed by atoms with Crippen LogP contribution in [-0.2, 0) is 4.79 Å². The molecule has 0 saturated heterocycles. The van der Waals surface area contributed by atoms with Crippen molar-refractivity contribution in [3.63, 3.8) is 0 Å². The fraction of sp³-hybridized carbons (Fsp3) is 0.417. The Hall–Kier alpha value is -3.60. The van der Waals surface area contributed by atoms with Crippen LogP contribution >= 0.6 is 0 Å². The first-order valence-corrected chi connectivity index (χ1v) is 11.1. The molecule has 8 heteroatoms. The van der Waals surface area contributed by atoms with Crippen LogP contribution in [-0.4, -0.2) is 25.1 Å². The van der Waals surface area contributed by atoms with Gasteiger partial charge in [-0.15, -0.1) is 0 Å². The van der Waals surface area contributed by atoms with Gasteiger partial charge in [0.25, 0.3) is 5.56 Å². The van der Waals surface area contributed by atoms with Crippen molar-refractivity contribution in [2.75, 3.05) is 0 Å². The van der Waals surface area contributed by atoms with Crippen LogP contribution in [0.1, 0.15) is 63.4 Å². The first kappa shape index (κ1) is 20.3. The molecule has 8 nitrogen and oxygen atoms in total. The lowest BCUT2D eigenvalue weighted by Crippen LogP contribution is -2.39. The van der Waals surface area contributed by atoms with Crippen molar-refractivity contribution >= 4 is 17.1 Å². The minimum atomic E-state index is -0.371. The number of aromatic amines is 1. The molecule has 3 aromatic rings. The molecule has 32 heavy (non-hydrogen) atoms. The maximum atomic E-state index is 12.9. The smallest absolute Gasteiger partial charge is 0.333 e. The molecule has 2 aliphatic rings. The molecule has 0 aliphatic heterocycles. The summed E-state index contributed by atoms with van der Waals surface area (Å²) >= 11 is 0. The summed E-state index contributed by atoms with van der Waals surface area (Å²) < 4.78 is 8.43. The highest BCUT2D eigenvalue weighted by Gasteiger charge is 2.34. The number of ether oxygens (including phenoxy) is 1. The van der Waals surface area contributed by atoms with Gasteiger partial charge in [0.1, 0.15) is 5.75 Å². The van der Waals surface area contributed by atoms with Crippen molar-refractivity contribution in [3.8, 4) is 17.6 Å². The lowest BCUT2D eigenvalue weighted by atomic mass is 10.0. The quantitative estimate of drug-likeness (QED) is 0.367. The normalized spacial score (nSPS) is 16.4. The van der Waals surface area contributed by atoms with Gasteiger partial charge in [-0.1, -0.05) is 31.0 Å². The van der Waals surface area contributed by atoms with Gasteiger partial charge in [0.05, 0.1) is 5.92 Å². The summed E-state index contributed by atoms with van der Waals surface area (Å²) in [4.78, 5) is 45.7. The molecule has 0 spiro atoms. The SMILES string of the molecule is CCC(CC#Cc1nc2c([nH]1)c(=O)n(C1CC1)c(=O)n2C1CC1)C(=O)Oc1ccccc1. The van der Waals surface area contributed by atoms with E-state index in [0.717, 1.165) is 25.7 Å². The van der Waals surface area contributed by atoms with E-state index in [-0.39, 0.29) is 35.2 Å². The molecule has 1 atom stereocenters. The topological polar surface area (TPSA) is 99.0 Å². The van der Waals surface area contributed by atoms with Crippen molar-refractivity contribution in [2.45, 2.75) is 57.5 Å². The monoisotopic (exact) mass is 432 g/mol. The van der Waals surface area contributed by atoms with Crippen molar-refractivity contribution in [3.05, 3.63) is 57.0 Å². The Labute approximate surface area is 184 Å². The fourth-order valence-corrected chi connectivity index (χ4v) is 3.82. The third-order valence-corrected chi connectivity index (χ3v) is 5.92. The lowest BCUT2D eigenvalue weighted by Gasteiger charge is -2.10. The number of benzene rings is 1. The van der Waals surface area contributed by atoms with E-state index in [0.29, 0.717) is 35.6 Å². The summed E-state index contributed by atoms with van der Waals surface area (Å²) in [6.07, 6.45) is 4.42. The number of aromatic nitrogens is 4. The van der Waals surface area contributed by atoms with E-state index in [1.165, 1.54) is 4.57 Å². The average molecular weight is 432 g/mol. The second-order valence-corrected chi connectivity index (χ2v) is 8.42. The molecule has 2 fully saturated rings. The number of rotatable bonds is 6. The second-order valence-electron chi connectivity index (χ2n) is 8.42. The molecule has 2 heterocycles. The van der Waals surface area contributed by atoms with E-state index in [9.17, 15) is 14.4 Å². The van der Waals surface area contributed by atoms with Gasteiger partial charge in [-0.3, -0.25) is 18.7 Å². The fourth-order valence-electron chi connectivity index (χ4n) is 3.82. The van der Waals surface area contributed by atoms with Gasteiger partial charge in [-0.25, -0.2) is 9.78 Å². The Kier molecular flexibility index (Phi) is 5.17. The minimum absolute atomic E-state index is 0.0110. The van der Waals surface area contributed by atoms with E-state index in [4.69, 9.17) is 4.74 Å². The number of fused-ring (bicyclic) bond motifs is 1. The number of H-pyrrole nitrogens is 1. The van der Waals surface area contributed by atoms with Crippen molar-refractivity contribution in [1.29, 1.82) is 0 Å². The maximum Gasteiger partial charge on any atom is 0.333 e. The van der Waals surface area contributed by atoms with Gasteiger partial charge >= 0.3 is 11.7 Å². The summed E-state index contributed by atoms with van der Waals surface area (Å²) in [7, 11) is 0. The van der Waals surface area contributed by atoms with Gasteiger partial charge < -0.3 is 9.72 Å². The highest BCUT2D eigenvalue weighted by molar-refractivity contribution is 5.75. The Bertz CT molecular complexity index is 1350. The minimum Gasteiger partial charge on any atom is -0.426 e. The first-order chi connectivity index (χ1) is 15.6. The third-order valence-electron chi connectivity index (χ3n) is 5.92. The number of carbonyl (C=O) groups excluding carboxylic acids is 1. The maximum absolute atomic E-state index is 12.9. The van der Waals surface area contributed by atoms with Crippen LogP contribution < -0.4 is 16.0 Å². The summed E-state index contributed by atoms with van der Waals surface area (Å²) in [6.45, 7) is 1.91. The van der Waals surface area contributed by atoms with Gasteiger partial charge in [0, 0.05) is 18.5 Å². The van der Waals surface area contributed by atoms with E-state index in [2.05, 4.69) is 21.8 Å². The van der Waals surface area contributed by atoms with Crippen molar-refractivity contribution in [1.82, 2.24) is 19.1 Å². The summed E-state index contributed by atoms with van der Waals surface area (Å²) in [5, 5.41) is 0. The number of hydrogen-bond acceptors (Lipinski definition) is 5. The Morgan fingerprint density at radius 2 is 1.84 bits per heavy atom. The number of esters is 1. The van der Waals surface area contributed by atoms with Crippen LogP contribution in [0.25, 0.3) is 11.2 Å². The Morgan fingerprint density at radius 3 is 2.50 bits per heavy atom. The molecule has 0 bridgehead atoms. The van der Waals surface area contributed by atoms with Crippen LogP contribution in [0.2, 0.25) is 0 Å². The number of hydrogen-bond donors (Lipinski definition) is 1. The lowest BCUT2D eigenvalue weighted by molar-refractivity contribution is -0.138.